The van der Waals surface area contributed by atoms with Gasteiger partial charge in [0.15, 0.2) is 23.4 Å². The molecule has 1 heterocycles. The Balaban J connectivity index is 2.76. The van der Waals surface area contributed by atoms with E-state index in [2.05, 4.69) is 5.32 Å². The number of aliphatic hydroxyl groups excluding tert-OH is 2. The molecule has 0 aliphatic carbocycles. The molecule has 244 valence electrons. The minimum atomic E-state index is -1.02. The molecule has 44 heavy (non-hydrogen) atoms. The number of hydrogen-bond acceptors (Lipinski definition) is 11. The van der Waals surface area contributed by atoms with Gasteiger partial charge in [0.2, 0.25) is 0 Å². The number of primary amides is 1. The van der Waals surface area contributed by atoms with Gasteiger partial charge in [-0.3, -0.25) is 4.79 Å². The molecule has 2 amide bonds. The number of carbonyl (C=O) groups is 3. The van der Waals surface area contributed by atoms with Crippen molar-refractivity contribution in [3.8, 4) is 17.2 Å². The fraction of sp³-hybridized carbons (Fsp3) is 0.516. The van der Waals surface area contributed by atoms with Crippen LogP contribution in [0.25, 0.3) is 0 Å². The summed E-state index contributed by atoms with van der Waals surface area (Å²) in [5.74, 6) is -2.71. The smallest absolute Gasteiger partial charge is 0.405 e. The van der Waals surface area contributed by atoms with Crippen molar-refractivity contribution in [2.24, 2.45) is 17.6 Å². The number of amides is 2. The van der Waals surface area contributed by atoms with Crippen molar-refractivity contribution in [1.29, 1.82) is 0 Å². The van der Waals surface area contributed by atoms with Crippen LogP contribution in [0.5, 0.6) is 17.2 Å². The molecule has 1 aromatic carbocycles. The van der Waals surface area contributed by atoms with Crippen LogP contribution in [0.15, 0.2) is 41.5 Å². The summed E-state index contributed by atoms with van der Waals surface area (Å²) < 4.78 is 27.5. The van der Waals surface area contributed by atoms with Crippen LogP contribution < -0.4 is 20.5 Å². The van der Waals surface area contributed by atoms with Crippen molar-refractivity contribution in [2.45, 2.75) is 65.0 Å². The number of aromatic hydroxyl groups is 1. The lowest BCUT2D eigenvalue weighted by Crippen LogP contribution is -2.37. The Hall–Kier alpha value is -3.91. The molecule has 0 fully saturated rings. The van der Waals surface area contributed by atoms with Crippen molar-refractivity contribution in [3.63, 3.8) is 0 Å². The number of hydrogen-bond donors (Lipinski definition) is 5. The molecule has 13 heteroatoms. The van der Waals surface area contributed by atoms with Crippen LogP contribution in [0.3, 0.4) is 0 Å². The summed E-state index contributed by atoms with van der Waals surface area (Å²) in [7, 11) is 4.22. The molecule has 0 radical (unpaired) electrons. The van der Waals surface area contributed by atoms with Gasteiger partial charge in [0.05, 0.1) is 25.0 Å². The second-order valence-corrected chi connectivity index (χ2v) is 10.7. The highest BCUT2D eigenvalue weighted by atomic mass is 16.6. The van der Waals surface area contributed by atoms with Crippen LogP contribution in [0.1, 0.15) is 39.7 Å². The van der Waals surface area contributed by atoms with E-state index in [1.807, 2.05) is 6.92 Å². The summed E-state index contributed by atoms with van der Waals surface area (Å²) in [5, 5.41) is 34.1. The zero-order chi connectivity index (χ0) is 33.1. The number of nitrogens with two attached hydrogens (primary N) is 1. The standard InChI is InChI=1S/C31H44N2O11/c1-16-11-20-28(43-25(36)15-34)21(14-22(35)29(20)42-7)33-30(38)17(2)9-8-10-23(40-5)27(44-31(32)39)19(4)13-18(3)26(37)24(12-16)41-6/h8-10,13-14,16,18,23-24,26-27,34-35,37H,11-12,15H2,1-7H3,(H2,32,39)(H,33,38)/t16-,18+,23+,24+,26-,27+/m1/s1. The normalized spacial score (nSPS) is 25.3. The number of aliphatic hydroxyl groups is 2. The number of rotatable bonds is 6. The number of fused-ring (bicyclic) bond motifs is 2. The molecule has 1 aromatic rings. The first-order valence-electron chi connectivity index (χ1n) is 14.1. The molecular weight excluding hydrogens is 576 g/mol. The van der Waals surface area contributed by atoms with E-state index in [0.29, 0.717) is 12.0 Å². The number of phenols is 1. The van der Waals surface area contributed by atoms with Crippen molar-refractivity contribution in [3.05, 3.63) is 47.1 Å². The van der Waals surface area contributed by atoms with Gasteiger partial charge in [-0.15, -0.1) is 0 Å². The number of anilines is 1. The first-order valence-corrected chi connectivity index (χ1v) is 14.1. The Labute approximate surface area is 257 Å². The van der Waals surface area contributed by atoms with Crippen LogP contribution in [0.2, 0.25) is 0 Å². The Morgan fingerprint density at radius 1 is 1.11 bits per heavy atom. The van der Waals surface area contributed by atoms with Crippen LogP contribution >= 0.6 is 0 Å². The fourth-order valence-corrected chi connectivity index (χ4v) is 5.06. The van der Waals surface area contributed by atoms with Gasteiger partial charge in [0.25, 0.3) is 5.91 Å². The molecule has 1 aliphatic rings. The van der Waals surface area contributed by atoms with Crippen LogP contribution in [0, 0.1) is 11.8 Å². The molecule has 6 atom stereocenters. The van der Waals surface area contributed by atoms with E-state index >= 15 is 0 Å². The molecule has 0 aromatic heterocycles. The zero-order valence-electron chi connectivity index (χ0n) is 26.2. The second kappa shape index (κ2) is 16.8. The summed E-state index contributed by atoms with van der Waals surface area (Å²) in [6.45, 7) is 5.97. The zero-order valence-corrected chi connectivity index (χ0v) is 26.2. The van der Waals surface area contributed by atoms with Crippen LogP contribution in [0.4, 0.5) is 10.5 Å². The third kappa shape index (κ3) is 9.55. The average Bonchev–Trinajstić information content (AvgIpc) is 2.97. The fourth-order valence-electron chi connectivity index (χ4n) is 5.06. The lowest BCUT2D eigenvalue weighted by atomic mass is 9.87. The van der Waals surface area contributed by atoms with Crippen LogP contribution in [-0.4, -0.2) is 85.6 Å². The van der Waals surface area contributed by atoms with Gasteiger partial charge >= 0.3 is 12.1 Å². The molecule has 0 saturated carbocycles. The summed E-state index contributed by atoms with van der Waals surface area (Å²) in [6.07, 6.45) is 2.38. The monoisotopic (exact) mass is 620 g/mol. The molecule has 0 unspecified atom stereocenters. The number of carbonyl (C=O) groups excluding carboxylic acids is 3. The topological polar surface area (TPSA) is 196 Å². The molecule has 2 bridgehead atoms. The maximum Gasteiger partial charge on any atom is 0.405 e. The van der Waals surface area contributed by atoms with Gasteiger partial charge in [-0.25, -0.2) is 9.59 Å². The van der Waals surface area contributed by atoms with Crippen molar-refractivity contribution < 1.29 is 53.4 Å². The predicted octanol–water partition coefficient (Wildman–Crippen LogP) is 2.76. The molecular formula is C31H44N2O11. The maximum atomic E-state index is 13.2. The number of phenolic OH excluding ortho intramolecular Hbond substituents is 1. The molecule has 2 rings (SSSR count). The van der Waals surface area contributed by atoms with Crippen LogP contribution in [-0.2, 0) is 30.2 Å². The van der Waals surface area contributed by atoms with E-state index in [9.17, 15) is 29.7 Å². The SMILES string of the molecule is COc1c(O)cc2c(OC(=O)CO)c1C[C@@H](C)C[C@H](OC)[C@H](O)[C@@H](C)C=C(C)[C@H](OC(N)=O)[C@@H](OC)C=CC=C(C)C(=O)N2. The molecule has 6 N–H and O–H groups in total. The molecule has 13 nitrogen and oxygen atoms in total. The van der Waals surface area contributed by atoms with Gasteiger partial charge in [-0.05, 0) is 38.2 Å². The third-order valence-corrected chi connectivity index (χ3v) is 7.31. The summed E-state index contributed by atoms with van der Waals surface area (Å²) >= 11 is 0. The van der Waals surface area contributed by atoms with Gasteiger partial charge in [-0.2, -0.15) is 0 Å². The summed E-state index contributed by atoms with van der Waals surface area (Å²) in [4.78, 5) is 37.2. The van der Waals surface area contributed by atoms with E-state index in [1.54, 1.807) is 26.0 Å². The van der Waals surface area contributed by atoms with Crippen molar-refractivity contribution in [1.82, 2.24) is 0 Å². The number of esters is 1. The number of ether oxygens (including phenoxy) is 5. The maximum absolute atomic E-state index is 13.2. The van der Waals surface area contributed by atoms with E-state index in [-0.39, 0.29) is 46.4 Å². The Kier molecular flexibility index (Phi) is 13.9. The Bertz CT molecular complexity index is 1270. The third-order valence-electron chi connectivity index (χ3n) is 7.31. The first-order chi connectivity index (χ1) is 20.8. The van der Waals surface area contributed by atoms with Gasteiger partial charge in [-0.1, -0.05) is 38.2 Å². The second-order valence-electron chi connectivity index (χ2n) is 10.7. The lowest BCUT2D eigenvalue weighted by Gasteiger charge is -2.29. The largest absolute Gasteiger partial charge is 0.504 e. The highest BCUT2D eigenvalue weighted by Crippen LogP contribution is 2.44. The summed E-state index contributed by atoms with van der Waals surface area (Å²) in [6, 6.07) is 1.18. The van der Waals surface area contributed by atoms with E-state index < -0.39 is 54.9 Å². The number of allylic oxidation sites excluding steroid dienone is 2. The van der Waals surface area contributed by atoms with Gasteiger partial charge in [0.1, 0.15) is 12.7 Å². The van der Waals surface area contributed by atoms with E-state index in [0.717, 1.165) is 0 Å². The predicted molar refractivity (Wildman–Crippen MR) is 161 cm³/mol. The lowest BCUT2D eigenvalue weighted by molar-refractivity contribution is -0.137. The number of benzene rings is 1. The highest BCUT2D eigenvalue weighted by Gasteiger charge is 2.31. The molecule has 1 aliphatic heterocycles. The van der Waals surface area contributed by atoms with E-state index in [1.165, 1.54) is 46.5 Å². The Morgan fingerprint density at radius 3 is 2.36 bits per heavy atom. The minimum absolute atomic E-state index is 0.0178. The van der Waals surface area contributed by atoms with Crippen molar-refractivity contribution >= 4 is 23.7 Å². The van der Waals surface area contributed by atoms with Gasteiger partial charge in [0, 0.05) is 37.3 Å². The summed E-state index contributed by atoms with van der Waals surface area (Å²) in [5.41, 5.74) is 6.36. The van der Waals surface area contributed by atoms with E-state index in [4.69, 9.17) is 29.4 Å². The van der Waals surface area contributed by atoms with Crippen molar-refractivity contribution in [2.75, 3.05) is 33.3 Å². The average molecular weight is 621 g/mol. The highest BCUT2D eigenvalue weighted by molar-refractivity contribution is 6.05. The Morgan fingerprint density at radius 2 is 1.80 bits per heavy atom. The van der Waals surface area contributed by atoms with Gasteiger partial charge < -0.3 is 50.1 Å². The number of nitrogens with one attached hydrogen (secondary N) is 1. The quantitative estimate of drug-likeness (QED) is 0.178. The molecule has 0 saturated heterocycles. The minimum Gasteiger partial charge on any atom is -0.504 e. The first kappa shape index (κ1) is 36.3. The number of methoxy groups -OCH3 is 3. The molecule has 0 spiro atoms.